The highest BCUT2D eigenvalue weighted by Crippen LogP contribution is 2.23. The van der Waals surface area contributed by atoms with E-state index >= 15 is 0 Å². The van der Waals surface area contributed by atoms with Crippen LogP contribution in [-0.2, 0) is 6.54 Å². The molecule has 1 saturated heterocycles. The van der Waals surface area contributed by atoms with Gasteiger partial charge in [-0.25, -0.2) is 0 Å². The molecular weight excluding hydrogens is 294 g/mol. The van der Waals surface area contributed by atoms with E-state index in [1.54, 1.807) is 24.3 Å². The maximum absolute atomic E-state index is 12.7. The van der Waals surface area contributed by atoms with Crippen LogP contribution in [0.5, 0.6) is 0 Å². The van der Waals surface area contributed by atoms with Gasteiger partial charge in [0.15, 0.2) is 5.78 Å². The van der Waals surface area contributed by atoms with Crippen LogP contribution in [0.2, 0.25) is 0 Å². The molecule has 2 aromatic rings. The zero-order valence-electron chi connectivity index (χ0n) is 12.8. The molecule has 1 aromatic heterocycles. The zero-order chi connectivity index (χ0) is 15.4. The van der Waals surface area contributed by atoms with E-state index in [-0.39, 0.29) is 11.7 Å². The molecule has 0 spiro atoms. The Labute approximate surface area is 135 Å². The number of rotatable bonds is 5. The van der Waals surface area contributed by atoms with Crippen LogP contribution < -0.4 is 0 Å². The minimum Gasteiger partial charge on any atom is -0.472 e. The summed E-state index contributed by atoms with van der Waals surface area (Å²) < 4.78 is 5.13. The summed E-state index contributed by atoms with van der Waals surface area (Å²) in [5, 5.41) is 0. The number of thioether (sulfide) groups is 1. The van der Waals surface area contributed by atoms with E-state index in [0.29, 0.717) is 0 Å². The lowest BCUT2D eigenvalue weighted by molar-refractivity contribution is 0.0811. The molecule has 1 unspecified atom stereocenters. The number of ketones is 1. The Balaban J connectivity index is 1.64. The molecule has 0 amide bonds. The summed E-state index contributed by atoms with van der Waals surface area (Å²) in [5.41, 5.74) is 2.02. The Morgan fingerprint density at radius 2 is 2.14 bits per heavy atom. The summed E-state index contributed by atoms with van der Waals surface area (Å²) >= 11 is 1.70. The predicted molar refractivity (Wildman–Crippen MR) is 89.3 cm³/mol. The maximum Gasteiger partial charge on any atom is 0.167 e. The molecule has 0 aliphatic carbocycles. The lowest BCUT2D eigenvalue weighted by atomic mass is 9.90. The van der Waals surface area contributed by atoms with Crippen molar-refractivity contribution in [3.8, 4) is 0 Å². The number of benzene rings is 1. The standard InChI is InChI=1S/C18H21NO2S/c1-22-17-6-4-15(5-7-17)18(20)16-3-2-9-19(12-16)11-14-8-10-21-13-14/h4-8,10,13,16H,2-3,9,11-12H2,1H3. The Kier molecular flexibility index (Phi) is 5.01. The number of piperidine rings is 1. The number of carbonyl (C=O) groups is 1. The quantitative estimate of drug-likeness (QED) is 0.614. The first kappa shape index (κ1) is 15.4. The molecule has 1 aromatic carbocycles. The van der Waals surface area contributed by atoms with Gasteiger partial charge in [-0.2, -0.15) is 0 Å². The Morgan fingerprint density at radius 1 is 1.32 bits per heavy atom. The second-order valence-electron chi connectivity index (χ2n) is 5.80. The number of nitrogens with zero attached hydrogens (tertiary/aromatic N) is 1. The first-order chi connectivity index (χ1) is 10.8. The molecule has 2 heterocycles. The highest BCUT2D eigenvalue weighted by atomic mass is 32.2. The van der Waals surface area contributed by atoms with E-state index in [1.165, 1.54) is 10.5 Å². The van der Waals surface area contributed by atoms with Gasteiger partial charge < -0.3 is 4.42 Å². The maximum atomic E-state index is 12.7. The third-order valence-corrected chi connectivity index (χ3v) is 4.98. The summed E-state index contributed by atoms with van der Waals surface area (Å²) in [6.07, 6.45) is 7.61. The van der Waals surface area contributed by atoms with Crippen molar-refractivity contribution in [3.63, 3.8) is 0 Å². The predicted octanol–water partition coefficient (Wildman–Crippen LogP) is 4.10. The molecule has 0 radical (unpaired) electrons. The molecule has 0 N–H and O–H groups in total. The molecular formula is C18H21NO2S. The minimum atomic E-state index is 0.112. The van der Waals surface area contributed by atoms with E-state index in [9.17, 15) is 4.79 Å². The van der Waals surface area contributed by atoms with Gasteiger partial charge in [0.25, 0.3) is 0 Å². The van der Waals surface area contributed by atoms with Gasteiger partial charge in [0.05, 0.1) is 12.5 Å². The van der Waals surface area contributed by atoms with Crippen LogP contribution in [0, 0.1) is 5.92 Å². The highest BCUT2D eigenvalue weighted by Gasteiger charge is 2.26. The molecule has 0 bridgehead atoms. The van der Waals surface area contributed by atoms with Gasteiger partial charge in [-0.3, -0.25) is 9.69 Å². The van der Waals surface area contributed by atoms with Gasteiger partial charge in [0.1, 0.15) is 0 Å². The van der Waals surface area contributed by atoms with Crippen LogP contribution >= 0.6 is 11.8 Å². The van der Waals surface area contributed by atoms with Crippen LogP contribution in [0.3, 0.4) is 0 Å². The van der Waals surface area contributed by atoms with Gasteiger partial charge >= 0.3 is 0 Å². The van der Waals surface area contributed by atoms with Gasteiger partial charge in [0, 0.05) is 35.0 Å². The number of hydrogen-bond donors (Lipinski definition) is 0. The van der Waals surface area contributed by atoms with Crippen molar-refractivity contribution in [2.45, 2.75) is 24.3 Å². The molecule has 0 saturated carbocycles. The first-order valence-electron chi connectivity index (χ1n) is 7.68. The third kappa shape index (κ3) is 3.62. The fourth-order valence-electron chi connectivity index (χ4n) is 3.04. The van der Waals surface area contributed by atoms with Gasteiger partial charge in [-0.15, -0.1) is 11.8 Å². The van der Waals surface area contributed by atoms with Gasteiger partial charge in [-0.05, 0) is 43.8 Å². The second-order valence-corrected chi connectivity index (χ2v) is 6.68. The monoisotopic (exact) mass is 315 g/mol. The molecule has 1 fully saturated rings. The van der Waals surface area contributed by atoms with Crippen molar-refractivity contribution >= 4 is 17.5 Å². The van der Waals surface area contributed by atoms with Crippen LogP contribution in [0.1, 0.15) is 28.8 Å². The Hall–Kier alpha value is -1.52. The van der Waals surface area contributed by atoms with E-state index < -0.39 is 0 Å². The van der Waals surface area contributed by atoms with E-state index in [0.717, 1.165) is 38.0 Å². The molecule has 3 rings (SSSR count). The fraction of sp³-hybridized carbons (Fsp3) is 0.389. The molecule has 1 atom stereocenters. The molecule has 22 heavy (non-hydrogen) atoms. The summed E-state index contributed by atoms with van der Waals surface area (Å²) in [7, 11) is 0. The van der Waals surface area contributed by atoms with Crippen molar-refractivity contribution < 1.29 is 9.21 Å². The van der Waals surface area contributed by atoms with Crippen molar-refractivity contribution in [1.29, 1.82) is 0 Å². The Morgan fingerprint density at radius 3 is 2.82 bits per heavy atom. The largest absolute Gasteiger partial charge is 0.472 e. The summed E-state index contributed by atoms with van der Waals surface area (Å²) in [4.78, 5) is 16.2. The molecule has 3 nitrogen and oxygen atoms in total. The first-order valence-corrected chi connectivity index (χ1v) is 8.90. The summed E-state index contributed by atoms with van der Waals surface area (Å²) in [6.45, 7) is 2.76. The second kappa shape index (κ2) is 7.16. The normalized spacial score (nSPS) is 19.2. The van der Waals surface area contributed by atoms with E-state index in [2.05, 4.69) is 4.90 Å². The topological polar surface area (TPSA) is 33.5 Å². The van der Waals surface area contributed by atoms with Gasteiger partial charge in [-0.1, -0.05) is 12.1 Å². The number of likely N-dealkylation sites (tertiary alicyclic amines) is 1. The number of carbonyl (C=O) groups excluding carboxylic acids is 1. The molecule has 4 heteroatoms. The molecule has 1 aliphatic rings. The average Bonchev–Trinajstić information content (AvgIpc) is 3.07. The van der Waals surface area contributed by atoms with Crippen LogP contribution in [-0.4, -0.2) is 30.0 Å². The van der Waals surface area contributed by atoms with E-state index in [4.69, 9.17) is 4.42 Å². The average molecular weight is 315 g/mol. The van der Waals surface area contributed by atoms with E-state index in [1.807, 2.05) is 36.6 Å². The van der Waals surface area contributed by atoms with Crippen LogP contribution in [0.4, 0.5) is 0 Å². The number of Topliss-reactive ketones (excluding diaryl/α,β-unsaturated/α-hetero) is 1. The van der Waals surface area contributed by atoms with Crippen molar-refractivity contribution in [2.24, 2.45) is 5.92 Å². The zero-order valence-corrected chi connectivity index (χ0v) is 13.6. The molecule has 116 valence electrons. The lowest BCUT2D eigenvalue weighted by Gasteiger charge is -2.31. The van der Waals surface area contributed by atoms with Crippen LogP contribution in [0.25, 0.3) is 0 Å². The lowest BCUT2D eigenvalue weighted by Crippen LogP contribution is -2.38. The number of hydrogen-bond acceptors (Lipinski definition) is 4. The van der Waals surface area contributed by atoms with Crippen molar-refractivity contribution in [1.82, 2.24) is 4.90 Å². The summed E-state index contributed by atoms with van der Waals surface area (Å²) in [6, 6.07) is 9.98. The minimum absolute atomic E-state index is 0.112. The smallest absolute Gasteiger partial charge is 0.167 e. The van der Waals surface area contributed by atoms with Crippen LogP contribution in [0.15, 0.2) is 52.2 Å². The molecule has 1 aliphatic heterocycles. The summed E-state index contributed by atoms with van der Waals surface area (Å²) in [5.74, 6) is 0.394. The fourth-order valence-corrected chi connectivity index (χ4v) is 3.45. The third-order valence-electron chi connectivity index (χ3n) is 4.24. The van der Waals surface area contributed by atoms with Crippen molar-refractivity contribution in [2.75, 3.05) is 19.3 Å². The van der Waals surface area contributed by atoms with Gasteiger partial charge in [0.2, 0.25) is 0 Å². The van der Waals surface area contributed by atoms with Crippen molar-refractivity contribution in [3.05, 3.63) is 54.0 Å². The SMILES string of the molecule is CSc1ccc(C(=O)C2CCCN(Cc3ccoc3)C2)cc1. The number of furan rings is 1. The Bertz CT molecular complexity index is 607. The highest BCUT2D eigenvalue weighted by molar-refractivity contribution is 7.98.